The molecule has 3 aromatic rings. The van der Waals surface area contributed by atoms with Gasteiger partial charge in [-0.05, 0) is 61.4 Å². The number of tetrazole rings is 1. The average Bonchev–Trinajstić information content (AvgIpc) is 3.23. The number of rotatable bonds is 10. The summed E-state index contributed by atoms with van der Waals surface area (Å²) in [6.45, 7) is 1.96. The second-order valence-electron chi connectivity index (χ2n) is 7.76. The minimum Gasteiger partial charge on any atom is -0.392 e. The summed E-state index contributed by atoms with van der Waals surface area (Å²) in [7, 11) is -0.322. The molecule has 1 atom stereocenters. The highest BCUT2D eigenvalue weighted by molar-refractivity contribution is 7.92. The predicted molar refractivity (Wildman–Crippen MR) is 129 cm³/mol. The highest BCUT2D eigenvalue weighted by Gasteiger charge is 2.31. The van der Waals surface area contributed by atoms with Crippen LogP contribution in [0.15, 0.2) is 47.4 Å². The molecular formula is C21H26Cl2N6O3S. The molecule has 33 heavy (non-hydrogen) atoms. The monoisotopic (exact) mass is 512 g/mol. The number of aromatic nitrogens is 4. The van der Waals surface area contributed by atoms with Gasteiger partial charge in [-0.1, -0.05) is 34.4 Å². The minimum atomic E-state index is -3.97. The van der Waals surface area contributed by atoms with Crippen molar-refractivity contribution >= 4 is 44.9 Å². The van der Waals surface area contributed by atoms with Crippen molar-refractivity contribution in [3.05, 3.63) is 58.1 Å². The summed E-state index contributed by atoms with van der Waals surface area (Å²) in [6.07, 6.45) is 1.11. The van der Waals surface area contributed by atoms with Gasteiger partial charge in [0.1, 0.15) is 0 Å². The molecule has 0 fully saturated rings. The molecule has 0 saturated heterocycles. The molecule has 178 valence electrons. The van der Waals surface area contributed by atoms with Crippen molar-refractivity contribution in [2.45, 2.75) is 43.9 Å². The van der Waals surface area contributed by atoms with Gasteiger partial charge in [0.2, 0.25) is 0 Å². The Morgan fingerprint density at radius 1 is 1.09 bits per heavy atom. The van der Waals surface area contributed by atoms with E-state index in [2.05, 4.69) is 15.4 Å². The molecule has 0 radical (unpaired) electrons. The van der Waals surface area contributed by atoms with Crippen LogP contribution in [-0.4, -0.2) is 53.9 Å². The summed E-state index contributed by atoms with van der Waals surface area (Å²) < 4.78 is 28.7. The maximum Gasteiger partial charge on any atom is 0.265 e. The van der Waals surface area contributed by atoms with Crippen molar-refractivity contribution in [1.29, 1.82) is 0 Å². The zero-order valence-electron chi connectivity index (χ0n) is 18.6. The van der Waals surface area contributed by atoms with Gasteiger partial charge in [0.25, 0.3) is 16.0 Å². The zero-order valence-corrected chi connectivity index (χ0v) is 20.9. The number of nitrogens with zero attached hydrogens (tertiary/aromatic N) is 6. The fourth-order valence-electron chi connectivity index (χ4n) is 3.35. The van der Waals surface area contributed by atoms with Crippen molar-refractivity contribution in [3.8, 4) is 0 Å². The number of aliphatic hydroxyl groups excluding tert-OH is 1. The number of benzene rings is 2. The van der Waals surface area contributed by atoms with Crippen LogP contribution in [0.2, 0.25) is 10.0 Å². The van der Waals surface area contributed by atoms with Gasteiger partial charge in [-0.15, -0.1) is 5.10 Å². The summed E-state index contributed by atoms with van der Waals surface area (Å²) in [5.74, 6) is 0.501. The van der Waals surface area contributed by atoms with Crippen LogP contribution in [0, 0.1) is 0 Å². The van der Waals surface area contributed by atoms with Crippen LogP contribution < -0.4 is 9.21 Å². The Morgan fingerprint density at radius 2 is 1.76 bits per heavy atom. The van der Waals surface area contributed by atoms with Crippen LogP contribution >= 0.6 is 23.2 Å². The third-order valence-electron chi connectivity index (χ3n) is 5.05. The molecule has 2 aromatic carbocycles. The first kappa shape index (κ1) is 25.2. The third kappa shape index (κ3) is 5.94. The van der Waals surface area contributed by atoms with Gasteiger partial charge in [0, 0.05) is 35.7 Å². The number of aliphatic hydroxyl groups is 1. The topological polar surface area (TPSA) is 104 Å². The van der Waals surface area contributed by atoms with Crippen LogP contribution in [0.25, 0.3) is 0 Å². The van der Waals surface area contributed by atoms with Crippen LogP contribution in [0.5, 0.6) is 0 Å². The molecule has 12 heteroatoms. The van der Waals surface area contributed by atoms with Gasteiger partial charge in [-0.3, -0.25) is 4.31 Å². The summed E-state index contributed by atoms with van der Waals surface area (Å²) in [5, 5.41) is 22.9. The van der Waals surface area contributed by atoms with E-state index in [9.17, 15) is 13.5 Å². The van der Waals surface area contributed by atoms with Crippen LogP contribution in [0.1, 0.15) is 25.3 Å². The molecule has 0 unspecified atom stereocenters. The molecule has 1 heterocycles. The van der Waals surface area contributed by atoms with Gasteiger partial charge in [-0.2, -0.15) is 4.80 Å². The quantitative estimate of drug-likeness (QED) is 0.442. The summed E-state index contributed by atoms with van der Waals surface area (Å²) in [4.78, 5) is 3.33. The van der Waals surface area contributed by atoms with E-state index in [1.165, 1.54) is 33.4 Å². The van der Waals surface area contributed by atoms with E-state index in [-0.39, 0.29) is 11.5 Å². The van der Waals surface area contributed by atoms with E-state index in [1.807, 2.05) is 21.0 Å². The highest BCUT2D eigenvalue weighted by atomic mass is 35.5. The number of sulfonamides is 1. The summed E-state index contributed by atoms with van der Waals surface area (Å²) in [6, 6.07) is 10.3. The second kappa shape index (κ2) is 10.7. The molecule has 1 aromatic heterocycles. The largest absolute Gasteiger partial charge is 0.392 e. The molecule has 0 aliphatic heterocycles. The first-order chi connectivity index (χ1) is 15.6. The molecule has 0 spiro atoms. The minimum absolute atomic E-state index is 0.0937. The first-order valence-electron chi connectivity index (χ1n) is 10.3. The summed E-state index contributed by atoms with van der Waals surface area (Å²) in [5.41, 5.74) is 0.790. The van der Waals surface area contributed by atoms with Gasteiger partial charge >= 0.3 is 0 Å². The van der Waals surface area contributed by atoms with Crippen molar-refractivity contribution in [2.24, 2.45) is 0 Å². The Bertz CT molecular complexity index is 1180. The molecule has 1 N–H and O–H groups in total. The standard InChI is InChI=1S/C21H26Cl2N6O3S/c1-15(5-4-12-28-25-21(24-26-28)27(2)3)29(20-13-18(23)7-6-16(20)14-30)33(31,32)19-10-8-17(22)9-11-19/h6-11,13,15,30H,4-5,12,14H2,1-3H3/t15-/m1/s1. The number of hydrogen-bond acceptors (Lipinski definition) is 7. The van der Waals surface area contributed by atoms with E-state index < -0.39 is 16.1 Å². The van der Waals surface area contributed by atoms with E-state index in [0.29, 0.717) is 46.6 Å². The number of hydrogen-bond donors (Lipinski definition) is 1. The molecule has 0 amide bonds. The highest BCUT2D eigenvalue weighted by Crippen LogP contribution is 2.33. The predicted octanol–water partition coefficient (Wildman–Crippen LogP) is 3.60. The lowest BCUT2D eigenvalue weighted by Crippen LogP contribution is -2.39. The van der Waals surface area contributed by atoms with Crippen LogP contribution in [0.4, 0.5) is 11.6 Å². The van der Waals surface area contributed by atoms with Crippen LogP contribution in [0.3, 0.4) is 0 Å². The summed E-state index contributed by atoms with van der Waals surface area (Å²) >= 11 is 12.2. The normalized spacial score (nSPS) is 12.5. The van der Waals surface area contributed by atoms with E-state index >= 15 is 0 Å². The zero-order chi connectivity index (χ0) is 24.2. The Morgan fingerprint density at radius 3 is 2.36 bits per heavy atom. The lowest BCUT2D eigenvalue weighted by atomic mass is 10.1. The first-order valence-corrected chi connectivity index (χ1v) is 12.5. The maximum absolute atomic E-state index is 13.7. The average molecular weight is 513 g/mol. The number of halogens is 2. The van der Waals surface area contributed by atoms with Crippen molar-refractivity contribution in [2.75, 3.05) is 23.3 Å². The molecule has 9 nitrogen and oxygen atoms in total. The van der Waals surface area contributed by atoms with Crippen molar-refractivity contribution in [3.63, 3.8) is 0 Å². The van der Waals surface area contributed by atoms with Gasteiger partial charge in [0.15, 0.2) is 0 Å². The van der Waals surface area contributed by atoms with Gasteiger partial charge in [0.05, 0.1) is 23.7 Å². The Hall–Kier alpha value is -2.40. The fraction of sp³-hybridized carbons (Fsp3) is 0.381. The Kier molecular flexibility index (Phi) is 8.17. The Balaban J connectivity index is 1.91. The third-order valence-corrected chi connectivity index (χ3v) is 7.48. The smallest absolute Gasteiger partial charge is 0.265 e. The van der Waals surface area contributed by atoms with Gasteiger partial charge in [-0.25, -0.2) is 8.42 Å². The van der Waals surface area contributed by atoms with Crippen LogP contribution in [-0.2, 0) is 23.2 Å². The fourth-order valence-corrected chi connectivity index (χ4v) is 5.36. The van der Waals surface area contributed by atoms with E-state index in [0.717, 1.165) is 0 Å². The second-order valence-corrected chi connectivity index (χ2v) is 10.4. The maximum atomic E-state index is 13.7. The molecule has 0 aliphatic carbocycles. The van der Waals surface area contributed by atoms with Gasteiger partial charge < -0.3 is 10.0 Å². The number of aryl methyl sites for hydroxylation is 1. The Labute approximate surface area is 203 Å². The molecule has 0 saturated carbocycles. The molecule has 3 rings (SSSR count). The molecular weight excluding hydrogens is 487 g/mol. The van der Waals surface area contributed by atoms with E-state index in [1.54, 1.807) is 23.1 Å². The van der Waals surface area contributed by atoms with Crippen molar-refractivity contribution < 1.29 is 13.5 Å². The van der Waals surface area contributed by atoms with Crippen molar-refractivity contribution in [1.82, 2.24) is 20.2 Å². The van der Waals surface area contributed by atoms with E-state index in [4.69, 9.17) is 23.2 Å². The number of anilines is 2. The lowest BCUT2D eigenvalue weighted by Gasteiger charge is -2.32. The molecule has 0 bridgehead atoms. The molecule has 0 aliphatic rings. The SMILES string of the molecule is C[C@H](CCCn1nnc(N(C)C)n1)N(c1cc(Cl)ccc1CO)S(=O)(=O)c1ccc(Cl)cc1. The lowest BCUT2D eigenvalue weighted by molar-refractivity contribution is 0.282.